The molecule has 128 valence electrons. The first-order chi connectivity index (χ1) is 11.1. The quantitative estimate of drug-likeness (QED) is 0.671. The van der Waals surface area contributed by atoms with Gasteiger partial charge in [0.1, 0.15) is 0 Å². The van der Waals surface area contributed by atoms with Gasteiger partial charge in [-0.05, 0) is 80.2 Å². The van der Waals surface area contributed by atoms with Crippen molar-refractivity contribution in [2.75, 3.05) is 0 Å². The van der Waals surface area contributed by atoms with Crippen LogP contribution in [0, 0.1) is 36.3 Å². The van der Waals surface area contributed by atoms with Crippen LogP contribution < -0.4 is 0 Å². The summed E-state index contributed by atoms with van der Waals surface area (Å²) in [7, 11) is 1.35. The van der Waals surface area contributed by atoms with E-state index in [0.717, 1.165) is 30.6 Å². The fraction of sp³-hybridized carbons (Fsp3) is 0.700. The Kier molecular flexibility index (Phi) is 5.56. The Morgan fingerprint density at radius 2 is 1.43 bits per heavy atom. The lowest BCUT2D eigenvalue weighted by Crippen LogP contribution is -2.25. The Morgan fingerprint density at radius 1 is 0.870 bits per heavy atom. The number of hydrogen-bond acceptors (Lipinski definition) is 0. The van der Waals surface area contributed by atoms with Gasteiger partial charge in [0.25, 0.3) is 0 Å². The van der Waals surface area contributed by atoms with E-state index in [9.17, 15) is 8.78 Å². The molecule has 23 heavy (non-hydrogen) atoms. The first kappa shape index (κ1) is 17.1. The molecule has 0 aliphatic heterocycles. The molecule has 2 aliphatic carbocycles. The van der Waals surface area contributed by atoms with Crippen LogP contribution in [-0.2, 0) is 0 Å². The number of rotatable bonds is 3. The second-order valence-corrected chi connectivity index (χ2v) is 8.72. The van der Waals surface area contributed by atoms with E-state index in [2.05, 4.69) is 0 Å². The van der Waals surface area contributed by atoms with Crippen LogP contribution in [0.4, 0.5) is 8.78 Å². The van der Waals surface area contributed by atoms with Crippen molar-refractivity contribution >= 4 is 10.2 Å². The minimum absolute atomic E-state index is 0.222. The van der Waals surface area contributed by atoms with Crippen LogP contribution in [0.15, 0.2) is 12.1 Å². The molecule has 0 aromatic heterocycles. The van der Waals surface area contributed by atoms with Crippen LogP contribution in [0.2, 0.25) is 6.04 Å². The van der Waals surface area contributed by atoms with Gasteiger partial charge < -0.3 is 0 Å². The predicted molar refractivity (Wildman–Crippen MR) is 96.0 cm³/mol. The molecule has 0 amide bonds. The van der Waals surface area contributed by atoms with E-state index in [1.165, 1.54) is 54.8 Å². The molecule has 2 aliphatic rings. The van der Waals surface area contributed by atoms with Crippen molar-refractivity contribution in [1.29, 1.82) is 0 Å². The van der Waals surface area contributed by atoms with Gasteiger partial charge in [-0.1, -0.05) is 31.0 Å². The van der Waals surface area contributed by atoms with Crippen LogP contribution in [0.1, 0.15) is 68.4 Å². The average Bonchev–Trinajstić information content (AvgIpc) is 2.60. The highest BCUT2D eigenvalue weighted by Gasteiger charge is 2.32. The first-order valence-electron chi connectivity index (χ1n) is 9.54. The van der Waals surface area contributed by atoms with Gasteiger partial charge in [0.15, 0.2) is 11.6 Å². The molecule has 0 heterocycles. The SMILES string of the molecule is Cc1ccc(C2CCC(C3CCC(C[SiH3])CC3)CC2)c(F)c1F. The van der Waals surface area contributed by atoms with Gasteiger partial charge in [-0.15, -0.1) is 0 Å². The molecule has 0 bridgehead atoms. The zero-order valence-corrected chi connectivity index (χ0v) is 16.6. The lowest BCUT2D eigenvalue weighted by atomic mass is 9.68. The smallest absolute Gasteiger partial charge is 0.162 e. The minimum Gasteiger partial charge on any atom is -0.203 e. The zero-order valence-electron chi connectivity index (χ0n) is 14.6. The summed E-state index contributed by atoms with van der Waals surface area (Å²) >= 11 is 0. The molecule has 1 aromatic carbocycles. The van der Waals surface area contributed by atoms with Crippen LogP contribution in [0.25, 0.3) is 0 Å². The van der Waals surface area contributed by atoms with Gasteiger partial charge in [0.05, 0.1) is 0 Å². The third-order valence-corrected chi connectivity index (χ3v) is 7.81. The number of halogens is 2. The molecule has 2 fully saturated rings. The Balaban J connectivity index is 1.58. The van der Waals surface area contributed by atoms with Crippen molar-refractivity contribution in [2.24, 2.45) is 17.8 Å². The molecule has 0 unspecified atom stereocenters. The van der Waals surface area contributed by atoms with E-state index in [0.29, 0.717) is 11.1 Å². The van der Waals surface area contributed by atoms with E-state index in [1.807, 2.05) is 6.07 Å². The lowest BCUT2D eigenvalue weighted by molar-refractivity contribution is 0.164. The highest BCUT2D eigenvalue weighted by Crippen LogP contribution is 2.44. The molecule has 0 radical (unpaired) electrons. The molecule has 0 saturated heterocycles. The van der Waals surface area contributed by atoms with Crippen molar-refractivity contribution in [3.63, 3.8) is 0 Å². The lowest BCUT2D eigenvalue weighted by Gasteiger charge is -2.38. The molecule has 0 atom stereocenters. The van der Waals surface area contributed by atoms with Crippen molar-refractivity contribution in [3.05, 3.63) is 34.9 Å². The van der Waals surface area contributed by atoms with Crippen LogP contribution >= 0.6 is 0 Å². The van der Waals surface area contributed by atoms with E-state index in [-0.39, 0.29) is 5.92 Å². The normalized spacial score (nSPS) is 32.1. The van der Waals surface area contributed by atoms with Gasteiger partial charge in [0, 0.05) is 10.2 Å². The summed E-state index contributed by atoms with van der Waals surface area (Å²) in [5.41, 5.74) is 1.03. The number of hydrogen-bond donors (Lipinski definition) is 0. The maximum Gasteiger partial charge on any atom is 0.162 e. The number of benzene rings is 1. The summed E-state index contributed by atoms with van der Waals surface area (Å²) in [6, 6.07) is 5.02. The zero-order chi connectivity index (χ0) is 16.4. The molecule has 0 nitrogen and oxygen atoms in total. The summed E-state index contributed by atoms with van der Waals surface area (Å²) in [4.78, 5) is 0. The standard InChI is InChI=1S/C20H30F2Si/c1-13-2-11-18(20(22)19(13)21)17-9-7-16(8-10-17)15-5-3-14(12-23)4-6-15/h2,11,14-17H,3-10,12H2,1,23H3. The van der Waals surface area contributed by atoms with Gasteiger partial charge in [-0.25, -0.2) is 8.78 Å². The molecule has 1 aromatic rings. The molecule has 0 N–H and O–H groups in total. The third kappa shape index (κ3) is 3.70. The van der Waals surface area contributed by atoms with Gasteiger partial charge in [-0.2, -0.15) is 0 Å². The van der Waals surface area contributed by atoms with Crippen LogP contribution in [-0.4, -0.2) is 10.2 Å². The van der Waals surface area contributed by atoms with Crippen molar-refractivity contribution in [2.45, 2.75) is 70.3 Å². The topological polar surface area (TPSA) is 0 Å². The molecular weight excluding hydrogens is 306 g/mol. The average molecular weight is 337 g/mol. The van der Waals surface area contributed by atoms with E-state index in [1.54, 1.807) is 13.0 Å². The van der Waals surface area contributed by atoms with Gasteiger partial charge in [0.2, 0.25) is 0 Å². The maximum absolute atomic E-state index is 14.2. The van der Waals surface area contributed by atoms with Crippen LogP contribution in [0.5, 0.6) is 0 Å². The van der Waals surface area contributed by atoms with E-state index >= 15 is 0 Å². The summed E-state index contributed by atoms with van der Waals surface area (Å²) in [6.45, 7) is 1.63. The van der Waals surface area contributed by atoms with E-state index < -0.39 is 11.6 Å². The minimum atomic E-state index is -0.647. The van der Waals surface area contributed by atoms with E-state index in [4.69, 9.17) is 0 Å². The second-order valence-electron chi connectivity index (χ2n) is 7.90. The Morgan fingerprint density at radius 3 is 2.00 bits per heavy atom. The Hall–Kier alpha value is -0.703. The molecular formula is C20H30F2Si. The monoisotopic (exact) mass is 336 g/mol. The first-order valence-corrected chi connectivity index (χ1v) is 11.0. The van der Waals surface area contributed by atoms with Gasteiger partial charge >= 0.3 is 0 Å². The number of aryl methyl sites for hydroxylation is 1. The molecule has 3 heteroatoms. The fourth-order valence-corrected chi connectivity index (χ4v) is 5.76. The fourth-order valence-electron chi connectivity index (χ4n) is 4.95. The van der Waals surface area contributed by atoms with Crippen LogP contribution in [0.3, 0.4) is 0 Å². The highest BCUT2D eigenvalue weighted by molar-refractivity contribution is 6.08. The Bertz CT molecular complexity index is 527. The van der Waals surface area contributed by atoms with Gasteiger partial charge in [-0.3, -0.25) is 0 Å². The summed E-state index contributed by atoms with van der Waals surface area (Å²) < 4.78 is 28.0. The summed E-state index contributed by atoms with van der Waals surface area (Å²) in [5, 5.41) is 0. The molecule has 0 spiro atoms. The predicted octanol–water partition coefficient (Wildman–Crippen LogP) is 5.14. The second kappa shape index (κ2) is 7.46. The van der Waals surface area contributed by atoms with Crippen molar-refractivity contribution in [1.82, 2.24) is 0 Å². The molecule has 2 saturated carbocycles. The Labute approximate surface area is 142 Å². The molecule has 3 rings (SSSR count). The summed E-state index contributed by atoms with van der Waals surface area (Å²) in [5.74, 6) is 1.73. The largest absolute Gasteiger partial charge is 0.203 e. The third-order valence-electron chi connectivity index (χ3n) is 6.65. The van der Waals surface area contributed by atoms with Crippen molar-refractivity contribution < 1.29 is 8.78 Å². The highest BCUT2D eigenvalue weighted by atomic mass is 28.1. The summed E-state index contributed by atoms with van der Waals surface area (Å²) in [6.07, 6.45) is 10.2. The van der Waals surface area contributed by atoms with Crippen molar-refractivity contribution in [3.8, 4) is 0 Å². The maximum atomic E-state index is 14.2.